The van der Waals surface area contributed by atoms with Crippen molar-refractivity contribution in [1.82, 2.24) is 9.88 Å². The van der Waals surface area contributed by atoms with Crippen molar-refractivity contribution in [3.8, 4) is 0 Å². The van der Waals surface area contributed by atoms with Gasteiger partial charge in [-0.2, -0.15) is 26.3 Å². The molecule has 1 fully saturated rings. The number of alkyl halides is 7. The topological polar surface area (TPSA) is 67.3 Å². The van der Waals surface area contributed by atoms with Crippen molar-refractivity contribution in [2.75, 3.05) is 13.1 Å². The number of sulfone groups is 1. The van der Waals surface area contributed by atoms with Crippen LogP contribution >= 0.6 is 0 Å². The zero-order chi connectivity index (χ0) is 31.4. The number of likely N-dealkylation sites (tertiary alicyclic amines) is 1. The monoisotopic (exact) mass is 628 g/mol. The van der Waals surface area contributed by atoms with Crippen molar-refractivity contribution in [3.63, 3.8) is 0 Å². The molecule has 226 valence electrons. The summed E-state index contributed by atoms with van der Waals surface area (Å²) in [5.41, 5.74) is -7.00. The number of hydrogen-bond donors (Lipinski definition) is 0. The Kier molecular flexibility index (Phi) is 7.27. The summed E-state index contributed by atoms with van der Waals surface area (Å²) in [4.78, 5) is 18.5. The molecule has 0 saturated carbocycles. The number of aromatic nitrogens is 1. The highest BCUT2D eigenvalue weighted by Gasteiger charge is 2.73. The minimum Gasteiger partial charge on any atom is -0.337 e. The molecular weight excluding hydrogens is 608 g/mol. The van der Waals surface area contributed by atoms with Crippen LogP contribution in [0.3, 0.4) is 0 Å². The van der Waals surface area contributed by atoms with Gasteiger partial charge in [-0.25, -0.2) is 17.2 Å². The van der Waals surface area contributed by atoms with E-state index in [1.807, 2.05) is 0 Å². The van der Waals surface area contributed by atoms with Gasteiger partial charge < -0.3 is 4.90 Å². The quantitative estimate of drug-likeness (QED) is 0.179. The molecule has 5 nitrogen and oxygen atoms in total. The Labute approximate surface area is 239 Å². The van der Waals surface area contributed by atoms with Gasteiger partial charge in [0.25, 0.3) is 5.91 Å². The van der Waals surface area contributed by atoms with Crippen LogP contribution in [0.2, 0.25) is 0 Å². The van der Waals surface area contributed by atoms with Crippen molar-refractivity contribution in [2.45, 2.75) is 34.1 Å². The second-order valence-electron chi connectivity index (χ2n) is 10.1. The number of rotatable bonds is 5. The van der Waals surface area contributed by atoms with E-state index in [1.165, 1.54) is 11.0 Å². The van der Waals surface area contributed by atoms with Crippen molar-refractivity contribution >= 4 is 26.6 Å². The minimum atomic E-state index is -6.36. The van der Waals surface area contributed by atoms with Crippen LogP contribution in [0.15, 0.2) is 90.0 Å². The summed E-state index contributed by atoms with van der Waals surface area (Å²) in [5.74, 6) is -1.35. The number of nitrogens with zero attached hydrogens (tertiary/aromatic N) is 2. The van der Waals surface area contributed by atoms with Gasteiger partial charge in [-0.3, -0.25) is 9.78 Å². The lowest BCUT2D eigenvalue weighted by molar-refractivity contribution is -0.348. The smallest absolute Gasteiger partial charge is 0.337 e. The first-order valence-corrected chi connectivity index (χ1v) is 14.1. The van der Waals surface area contributed by atoms with E-state index in [0.717, 1.165) is 24.3 Å². The lowest BCUT2D eigenvalue weighted by Gasteiger charge is -2.32. The third-order valence-corrected chi connectivity index (χ3v) is 10.1. The van der Waals surface area contributed by atoms with Gasteiger partial charge in [0.2, 0.25) is 0 Å². The molecule has 0 radical (unpaired) electrons. The van der Waals surface area contributed by atoms with Gasteiger partial charge in [-0.15, -0.1) is 0 Å². The van der Waals surface area contributed by atoms with Crippen LogP contribution in [0.25, 0.3) is 10.9 Å². The molecule has 43 heavy (non-hydrogen) atoms. The summed E-state index contributed by atoms with van der Waals surface area (Å²) < 4.78 is 134. The van der Waals surface area contributed by atoms with Crippen LogP contribution in [0.5, 0.6) is 0 Å². The molecule has 1 amide bonds. The number of carbonyl (C=O) groups is 1. The van der Waals surface area contributed by atoms with Crippen molar-refractivity contribution in [2.24, 2.45) is 0 Å². The summed E-state index contributed by atoms with van der Waals surface area (Å²) in [6.45, 7) is -0.709. The average molecular weight is 629 g/mol. The average Bonchev–Trinajstić information content (AvgIpc) is 3.43. The molecule has 3 aromatic carbocycles. The van der Waals surface area contributed by atoms with Crippen LogP contribution in [-0.4, -0.2) is 49.7 Å². The molecule has 5 rings (SSSR count). The Morgan fingerprint density at radius 3 is 2.07 bits per heavy atom. The third kappa shape index (κ3) is 4.90. The number of hydrogen-bond acceptors (Lipinski definition) is 4. The van der Waals surface area contributed by atoms with E-state index in [2.05, 4.69) is 4.98 Å². The molecule has 1 unspecified atom stereocenters. The van der Waals surface area contributed by atoms with Gasteiger partial charge >= 0.3 is 18.0 Å². The Morgan fingerprint density at radius 1 is 0.837 bits per heavy atom. The molecule has 0 N–H and O–H groups in total. The van der Waals surface area contributed by atoms with Gasteiger partial charge in [0.15, 0.2) is 9.84 Å². The Hall–Kier alpha value is -4.07. The fourth-order valence-corrected chi connectivity index (χ4v) is 7.37. The number of benzene rings is 3. The van der Waals surface area contributed by atoms with E-state index in [-0.39, 0.29) is 36.2 Å². The molecule has 2 heterocycles. The standard InChI is InChI=1S/C29H20F8N2O3S/c30-22-8-10-23(11-9-22)43(41,42)26(20-4-6-21(7-5-20)27(31,28(32,33)34)29(35,36)37)13-15-39(17-26)25(40)19-3-12-24-18(16-19)2-1-14-38-24/h1-12,14,16H,13,15,17H2. The maximum Gasteiger partial charge on any atom is 0.435 e. The maximum absolute atomic E-state index is 14.7. The summed E-state index contributed by atoms with van der Waals surface area (Å²) in [6, 6.07) is 13.5. The van der Waals surface area contributed by atoms with E-state index in [9.17, 15) is 48.3 Å². The zero-order valence-corrected chi connectivity index (χ0v) is 22.6. The fraction of sp³-hybridized carbons (Fsp3) is 0.241. The molecular formula is C29H20F8N2O3S. The Balaban J connectivity index is 1.59. The van der Waals surface area contributed by atoms with E-state index in [1.54, 1.807) is 30.5 Å². The van der Waals surface area contributed by atoms with Crippen LogP contribution < -0.4 is 0 Å². The molecule has 0 aliphatic carbocycles. The van der Waals surface area contributed by atoms with Crippen LogP contribution in [0.4, 0.5) is 35.1 Å². The van der Waals surface area contributed by atoms with E-state index in [0.29, 0.717) is 23.0 Å². The Morgan fingerprint density at radius 2 is 1.47 bits per heavy atom. The van der Waals surface area contributed by atoms with Crippen molar-refractivity contribution in [3.05, 3.63) is 108 Å². The molecule has 1 aliphatic heterocycles. The zero-order valence-electron chi connectivity index (χ0n) is 21.8. The molecule has 1 aromatic heterocycles. The molecule has 1 aliphatic rings. The summed E-state index contributed by atoms with van der Waals surface area (Å²) in [7, 11) is -4.57. The second-order valence-corrected chi connectivity index (χ2v) is 12.3. The molecule has 14 heteroatoms. The molecule has 1 saturated heterocycles. The second kappa shape index (κ2) is 10.3. The van der Waals surface area contributed by atoms with Crippen LogP contribution in [0, 0.1) is 5.82 Å². The highest BCUT2D eigenvalue weighted by molar-refractivity contribution is 7.92. The molecule has 4 aromatic rings. The first-order chi connectivity index (χ1) is 20.0. The van der Waals surface area contributed by atoms with Crippen molar-refractivity contribution < 1.29 is 48.3 Å². The first kappa shape index (κ1) is 30.4. The predicted octanol–water partition coefficient (Wildman–Crippen LogP) is 6.88. The number of amides is 1. The third-order valence-electron chi connectivity index (χ3n) is 7.60. The van der Waals surface area contributed by atoms with E-state index >= 15 is 0 Å². The summed E-state index contributed by atoms with van der Waals surface area (Å²) in [6.07, 6.45) is -11.5. The normalized spacial score (nSPS) is 18.3. The van der Waals surface area contributed by atoms with E-state index in [4.69, 9.17) is 0 Å². The highest BCUT2D eigenvalue weighted by Crippen LogP contribution is 2.54. The van der Waals surface area contributed by atoms with Gasteiger partial charge in [0.1, 0.15) is 10.6 Å². The lowest BCUT2D eigenvalue weighted by atomic mass is 9.90. The molecule has 0 bridgehead atoms. The lowest BCUT2D eigenvalue weighted by Crippen LogP contribution is -2.50. The number of carbonyl (C=O) groups excluding carboxylic acids is 1. The first-order valence-electron chi connectivity index (χ1n) is 12.6. The fourth-order valence-electron chi connectivity index (χ4n) is 5.29. The van der Waals surface area contributed by atoms with E-state index < -0.39 is 61.3 Å². The van der Waals surface area contributed by atoms with Gasteiger partial charge in [0, 0.05) is 35.8 Å². The SMILES string of the molecule is O=C(c1ccc2ncccc2c1)N1CCC(c2ccc(C(F)(C(F)(F)F)C(F)(F)F)cc2)(S(=O)(=O)c2ccc(F)cc2)C1. The number of pyridine rings is 1. The molecule has 0 spiro atoms. The van der Waals surface area contributed by atoms with Gasteiger partial charge in [0.05, 0.1) is 10.4 Å². The maximum atomic E-state index is 14.7. The highest BCUT2D eigenvalue weighted by atomic mass is 32.2. The van der Waals surface area contributed by atoms with Gasteiger partial charge in [-0.1, -0.05) is 30.3 Å². The van der Waals surface area contributed by atoms with Crippen LogP contribution in [-0.2, 0) is 20.3 Å². The number of fused-ring (bicyclic) bond motifs is 1. The molecule has 1 atom stereocenters. The van der Waals surface area contributed by atoms with Crippen LogP contribution in [0.1, 0.15) is 27.9 Å². The van der Waals surface area contributed by atoms with Crippen molar-refractivity contribution in [1.29, 1.82) is 0 Å². The predicted molar refractivity (Wildman–Crippen MR) is 139 cm³/mol. The number of halogens is 8. The Bertz CT molecular complexity index is 1780. The minimum absolute atomic E-state index is 0.162. The largest absolute Gasteiger partial charge is 0.435 e. The van der Waals surface area contributed by atoms with Gasteiger partial charge in [-0.05, 0) is 60.5 Å². The summed E-state index contributed by atoms with van der Waals surface area (Å²) in [5, 5.41) is 0.623. The summed E-state index contributed by atoms with van der Waals surface area (Å²) >= 11 is 0.